The van der Waals surface area contributed by atoms with E-state index >= 15 is 0 Å². The van der Waals surface area contributed by atoms with Gasteiger partial charge in [-0.2, -0.15) is 0 Å². The molecular formula is C10H21NO. The van der Waals surface area contributed by atoms with Gasteiger partial charge in [0.25, 0.3) is 0 Å². The first-order valence-electron chi connectivity index (χ1n) is 5.13. The molecule has 12 heavy (non-hydrogen) atoms. The second-order valence-corrected chi connectivity index (χ2v) is 3.64. The molecule has 2 unspecified atom stereocenters. The maximum Gasteiger partial charge on any atom is 0.107 e. The number of nitrogens with zero attached hydrogens (tertiary/aromatic N) is 1. The highest BCUT2D eigenvalue weighted by Crippen LogP contribution is 2.19. The lowest BCUT2D eigenvalue weighted by molar-refractivity contribution is -0.0701. The highest BCUT2D eigenvalue weighted by atomic mass is 16.5. The van der Waals surface area contributed by atoms with Crippen molar-refractivity contribution in [2.45, 2.75) is 52.3 Å². The average molecular weight is 171 g/mol. The van der Waals surface area contributed by atoms with Crippen LogP contribution in [0.2, 0.25) is 0 Å². The molecule has 0 aliphatic carbocycles. The Labute approximate surface area is 75.9 Å². The van der Waals surface area contributed by atoms with Crippen molar-refractivity contribution in [1.29, 1.82) is 0 Å². The molecule has 0 aromatic carbocycles. The fourth-order valence-electron chi connectivity index (χ4n) is 2.00. The molecule has 1 rings (SSSR count). The van der Waals surface area contributed by atoms with Crippen molar-refractivity contribution < 1.29 is 4.74 Å². The van der Waals surface area contributed by atoms with E-state index in [1.54, 1.807) is 0 Å². The van der Waals surface area contributed by atoms with Gasteiger partial charge in [0.15, 0.2) is 0 Å². The lowest BCUT2D eigenvalue weighted by Gasteiger charge is -2.37. The summed E-state index contributed by atoms with van der Waals surface area (Å²) in [6.45, 7) is 8.55. The standard InChI is InChI=1S/C10H21NO/c1-4-12-10(3)11-8-6-5-7-9(11)2/h9-10H,4-8H2,1-3H3. The highest BCUT2D eigenvalue weighted by molar-refractivity contribution is 4.73. The van der Waals surface area contributed by atoms with Gasteiger partial charge in [-0.15, -0.1) is 0 Å². The predicted molar refractivity (Wildman–Crippen MR) is 51.1 cm³/mol. The molecule has 0 aromatic rings. The van der Waals surface area contributed by atoms with Crippen molar-refractivity contribution in [1.82, 2.24) is 4.90 Å². The molecule has 0 saturated carbocycles. The molecule has 0 amide bonds. The van der Waals surface area contributed by atoms with Gasteiger partial charge >= 0.3 is 0 Å². The van der Waals surface area contributed by atoms with E-state index in [4.69, 9.17) is 4.74 Å². The molecule has 2 nitrogen and oxygen atoms in total. The van der Waals surface area contributed by atoms with Crippen molar-refractivity contribution in [2.75, 3.05) is 13.2 Å². The first-order valence-corrected chi connectivity index (χ1v) is 5.13. The Bertz CT molecular complexity index is 127. The minimum Gasteiger partial charge on any atom is -0.364 e. The molecule has 1 aliphatic heterocycles. The van der Waals surface area contributed by atoms with E-state index < -0.39 is 0 Å². The van der Waals surface area contributed by atoms with E-state index in [2.05, 4.69) is 25.7 Å². The van der Waals surface area contributed by atoms with Gasteiger partial charge in [-0.3, -0.25) is 4.90 Å². The number of rotatable bonds is 3. The number of hydrogen-bond donors (Lipinski definition) is 0. The topological polar surface area (TPSA) is 12.5 Å². The first-order chi connectivity index (χ1) is 5.75. The summed E-state index contributed by atoms with van der Waals surface area (Å²) >= 11 is 0. The van der Waals surface area contributed by atoms with Gasteiger partial charge in [0.2, 0.25) is 0 Å². The molecule has 2 heteroatoms. The summed E-state index contributed by atoms with van der Waals surface area (Å²) in [6.07, 6.45) is 4.36. The lowest BCUT2D eigenvalue weighted by Crippen LogP contribution is -2.44. The molecule has 72 valence electrons. The maximum absolute atomic E-state index is 5.58. The third-order valence-corrected chi connectivity index (χ3v) is 2.73. The monoisotopic (exact) mass is 171 g/mol. The zero-order valence-corrected chi connectivity index (χ0v) is 8.55. The molecule has 1 fully saturated rings. The first kappa shape index (κ1) is 10.0. The Morgan fingerprint density at radius 1 is 1.50 bits per heavy atom. The molecule has 0 N–H and O–H groups in total. The molecule has 0 aromatic heterocycles. The number of hydrogen-bond acceptors (Lipinski definition) is 2. The summed E-state index contributed by atoms with van der Waals surface area (Å²) in [6, 6.07) is 0.709. The summed E-state index contributed by atoms with van der Waals surface area (Å²) in [7, 11) is 0. The Balaban J connectivity index is 2.36. The van der Waals surface area contributed by atoms with Crippen molar-refractivity contribution in [3.8, 4) is 0 Å². The van der Waals surface area contributed by atoms with Crippen molar-refractivity contribution >= 4 is 0 Å². The quantitative estimate of drug-likeness (QED) is 0.645. The minimum absolute atomic E-state index is 0.310. The van der Waals surface area contributed by atoms with Crippen LogP contribution in [0.4, 0.5) is 0 Å². The molecular weight excluding hydrogens is 150 g/mol. The maximum atomic E-state index is 5.58. The second kappa shape index (κ2) is 4.83. The van der Waals surface area contributed by atoms with Crippen LogP contribution >= 0.6 is 0 Å². The Morgan fingerprint density at radius 3 is 2.83 bits per heavy atom. The van der Waals surface area contributed by atoms with E-state index in [-0.39, 0.29) is 0 Å². The second-order valence-electron chi connectivity index (χ2n) is 3.64. The van der Waals surface area contributed by atoms with E-state index in [0.29, 0.717) is 12.3 Å². The van der Waals surface area contributed by atoms with Crippen LogP contribution in [0.25, 0.3) is 0 Å². The van der Waals surface area contributed by atoms with Gasteiger partial charge < -0.3 is 4.74 Å². The van der Waals surface area contributed by atoms with Crippen molar-refractivity contribution in [2.24, 2.45) is 0 Å². The largest absolute Gasteiger partial charge is 0.364 e. The van der Waals surface area contributed by atoms with Crippen molar-refractivity contribution in [3.05, 3.63) is 0 Å². The van der Waals surface area contributed by atoms with Crippen LogP contribution in [-0.4, -0.2) is 30.3 Å². The van der Waals surface area contributed by atoms with Crippen LogP contribution in [0, 0.1) is 0 Å². The van der Waals surface area contributed by atoms with Crippen LogP contribution < -0.4 is 0 Å². The normalized spacial score (nSPS) is 28.8. The summed E-state index contributed by atoms with van der Waals surface area (Å²) in [5.41, 5.74) is 0. The predicted octanol–water partition coefficient (Wildman–Crippen LogP) is 2.24. The fraction of sp³-hybridized carbons (Fsp3) is 1.00. The fourth-order valence-corrected chi connectivity index (χ4v) is 2.00. The Morgan fingerprint density at radius 2 is 2.25 bits per heavy atom. The zero-order chi connectivity index (χ0) is 8.97. The van der Waals surface area contributed by atoms with Crippen LogP contribution in [0.5, 0.6) is 0 Å². The molecule has 0 bridgehead atoms. The van der Waals surface area contributed by atoms with E-state index in [1.807, 2.05) is 0 Å². The van der Waals surface area contributed by atoms with E-state index in [9.17, 15) is 0 Å². The van der Waals surface area contributed by atoms with Gasteiger partial charge in [-0.05, 0) is 33.6 Å². The molecule has 2 atom stereocenters. The SMILES string of the molecule is CCOC(C)N1CCCCC1C. The smallest absolute Gasteiger partial charge is 0.107 e. The summed E-state index contributed by atoms with van der Waals surface area (Å²) < 4.78 is 5.58. The summed E-state index contributed by atoms with van der Waals surface area (Å²) in [5.74, 6) is 0. The van der Waals surface area contributed by atoms with Gasteiger partial charge in [0, 0.05) is 19.2 Å². The Kier molecular flexibility index (Phi) is 4.02. The van der Waals surface area contributed by atoms with Gasteiger partial charge in [-0.1, -0.05) is 6.42 Å². The highest BCUT2D eigenvalue weighted by Gasteiger charge is 2.22. The lowest BCUT2D eigenvalue weighted by atomic mass is 10.0. The van der Waals surface area contributed by atoms with Crippen LogP contribution in [0.3, 0.4) is 0 Å². The molecule has 0 spiro atoms. The Hall–Kier alpha value is -0.0800. The van der Waals surface area contributed by atoms with Crippen LogP contribution in [0.1, 0.15) is 40.0 Å². The average Bonchev–Trinajstić information content (AvgIpc) is 2.05. The van der Waals surface area contributed by atoms with Gasteiger partial charge in [0.1, 0.15) is 6.23 Å². The number of piperidine rings is 1. The number of likely N-dealkylation sites (tertiary alicyclic amines) is 1. The van der Waals surface area contributed by atoms with Crippen molar-refractivity contribution in [3.63, 3.8) is 0 Å². The van der Waals surface area contributed by atoms with E-state index in [0.717, 1.165) is 6.61 Å². The zero-order valence-electron chi connectivity index (χ0n) is 8.55. The van der Waals surface area contributed by atoms with E-state index in [1.165, 1.54) is 25.8 Å². The third-order valence-electron chi connectivity index (χ3n) is 2.73. The molecule has 1 saturated heterocycles. The summed E-state index contributed by atoms with van der Waals surface area (Å²) in [5, 5.41) is 0. The van der Waals surface area contributed by atoms with Crippen LogP contribution in [-0.2, 0) is 4.74 Å². The van der Waals surface area contributed by atoms with Gasteiger partial charge in [-0.25, -0.2) is 0 Å². The van der Waals surface area contributed by atoms with Gasteiger partial charge in [0.05, 0.1) is 0 Å². The summed E-state index contributed by atoms with van der Waals surface area (Å²) in [4.78, 5) is 2.47. The molecule has 1 heterocycles. The third kappa shape index (κ3) is 2.46. The molecule has 1 aliphatic rings. The minimum atomic E-state index is 0.310. The van der Waals surface area contributed by atoms with Crippen LogP contribution in [0.15, 0.2) is 0 Å². The molecule has 0 radical (unpaired) electrons. The number of ether oxygens (including phenoxy) is 1.